The number of nitrogens with two attached hydrogens (primary N) is 1. The molecule has 0 radical (unpaired) electrons. The highest BCUT2D eigenvalue weighted by atomic mass is 15.3. The van der Waals surface area contributed by atoms with E-state index in [9.17, 15) is 0 Å². The van der Waals surface area contributed by atoms with Crippen molar-refractivity contribution in [2.24, 2.45) is 5.73 Å². The average molecular weight is 194 g/mol. The maximum atomic E-state index is 5.69. The number of hydrogen-bond donors (Lipinski definition) is 1. The van der Waals surface area contributed by atoms with Crippen LogP contribution in [0.1, 0.15) is 19.5 Å². The summed E-state index contributed by atoms with van der Waals surface area (Å²) in [5, 5.41) is 0. The van der Waals surface area contributed by atoms with Gasteiger partial charge in [-0.15, -0.1) is 0 Å². The lowest BCUT2D eigenvalue weighted by molar-refractivity contribution is 0.490. The third-order valence-electron chi connectivity index (χ3n) is 2.49. The topological polar surface area (TPSA) is 55.0 Å². The van der Waals surface area contributed by atoms with Gasteiger partial charge in [-0.2, -0.15) is 0 Å². The van der Waals surface area contributed by atoms with Crippen LogP contribution in [-0.4, -0.2) is 29.1 Å². The Hall–Kier alpha value is -1.16. The lowest BCUT2D eigenvalue weighted by Gasteiger charge is -2.34. The predicted molar refractivity (Wildman–Crippen MR) is 58.3 cm³/mol. The Morgan fingerprint density at radius 1 is 1.50 bits per heavy atom. The standard InChI is InChI=1S/C10H18N4/c1-8-5-6-12-9(13-8)14(4)10(2,3)7-11/h5-6H,7,11H2,1-4H3. The van der Waals surface area contributed by atoms with E-state index in [2.05, 4.69) is 23.8 Å². The fraction of sp³-hybridized carbons (Fsp3) is 0.600. The Morgan fingerprint density at radius 2 is 2.14 bits per heavy atom. The first-order valence-corrected chi connectivity index (χ1v) is 4.71. The van der Waals surface area contributed by atoms with E-state index in [1.165, 1.54) is 0 Å². The summed E-state index contributed by atoms with van der Waals surface area (Å²) in [4.78, 5) is 10.6. The van der Waals surface area contributed by atoms with E-state index >= 15 is 0 Å². The second-order valence-corrected chi connectivity index (χ2v) is 4.07. The summed E-state index contributed by atoms with van der Waals surface area (Å²) in [6.45, 7) is 6.66. The van der Waals surface area contributed by atoms with E-state index < -0.39 is 0 Å². The third-order valence-corrected chi connectivity index (χ3v) is 2.49. The molecular formula is C10H18N4. The van der Waals surface area contributed by atoms with Crippen LogP contribution in [0.15, 0.2) is 12.3 Å². The molecule has 1 heterocycles. The van der Waals surface area contributed by atoms with Crippen LogP contribution >= 0.6 is 0 Å². The van der Waals surface area contributed by atoms with Crippen molar-refractivity contribution in [3.8, 4) is 0 Å². The van der Waals surface area contributed by atoms with E-state index in [-0.39, 0.29) is 5.54 Å². The Labute approximate surface area is 85.2 Å². The number of aromatic nitrogens is 2. The highest BCUT2D eigenvalue weighted by Gasteiger charge is 2.23. The van der Waals surface area contributed by atoms with Gasteiger partial charge in [0.2, 0.25) is 5.95 Å². The van der Waals surface area contributed by atoms with Gasteiger partial charge in [0.1, 0.15) is 0 Å². The summed E-state index contributed by atoms with van der Waals surface area (Å²) < 4.78 is 0. The molecule has 0 aromatic carbocycles. The third kappa shape index (κ3) is 2.20. The summed E-state index contributed by atoms with van der Waals surface area (Å²) in [5.41, 5.74) is 6.54. The fourth-order valence-electron chi connectivity index (χ4n) is 1.00. The van der Waals surface area contributed by atoms with Gasteiger partial charge < -0.3 is 10.6 Å². The molecule has 14 heavy (non-hydrogen) atoms. The van der Waals surface area contributed by atoms with Gasteiger partial charge in [-0.1, -0.05) is 0 Å². The van der Waals surface area contributed by atoms with Crippen LogP contribution in [0.25, 0.3) is 0 Å². The second kappa shape index (κ2) is 3.92. The maximum absolute atomic E-state index is 5.69. The zero-order chi connectivity index (χ0) is 10.8. The molecule has 1 aromatic heterocycles. The van der Waals surface area contributed by atoms with Gasteiger partial charge in [-0.05, 0) is 26.8 Å². The van der Waals surface area contributed by atoms with Gasteiger partial charge in [-0.3, -0.25) is 0 Å². The summed E-state index contributed by atoms with van der Waals surface area (Å²) >= 11 is 0. The van der Waals surface area contributed by atoms with Crippen molar-refractivity contribution >= 4 is 5.95 Å². The summed E-state index contributed by atoms with van der Waals surface area (Å²) in [6, 6.07) is 1.88. The van der Waals surface area contributed by atoms with Crippen LogP contribution in [0, 0.1) is 6.92 Å². The van der Waals surface area contributed by atoms with Crippen molar-refractivity contribution in [1.82, 2.24) is 9.97 Å². The Morgan fingerprint density at radius 3 is 2.64 bits per heavy atom. The van der Waals surface area contributed by atoms with Gasteiger partial charge in [-0.25, -0.2) is 9.97 Å². The molecule has 4 nitrogen and oxygen atoms in total. The zero-order valence-corrected chi connectivity index (χ0v) is 9.28. The summed E-state index contributed by atoms with van der Waals surface area (Å²) in [7, 11) is 1.96. The van der Waals surface area contributed by atoms with Gasteiger partial charge in [0.15, 0.2) is 0 Å². The largest absolute Gasteiger partial charge is 0.337 e. The number of likely N-dealkylation sites (N-methyl/N-ethyl adjacent to an activating group) is 1. The SMILES string of the molecule is Cc1ccnc(N(C)C(C)(C)CN)n1. The first-order chi connectivity index (χ1) is 6.47. The Balaban J connectivity index is 2.94. The van der Waals surface area contributed by atoms with E-state index in [1.54, 1.807) is 6.20 Å². The number of anilines is 1. The quantitative estimate of drug-likeness (QED) is 0.778. The molecule has 0 saturated heterocycles. The molecule has 0 saturated carbocycles. The monoisotopic (exact) mass is 194 g/mol. The van der Waals surface area contributed by atoms with Crippen LogP contribution < -0.4 is 10.6 Å². The molecule has 0 unspecified atom stereocenters. The van der Waals surface area contributed by atoms with Crippen LogP contribution in [0.4, 0.5) is 5.95 Å². The summed E-state index contributed by atoms with van der Waals surface area (Å²) in [5.74, 6) is 0.723. The van der Waals surface area contributed by atoms with E-state index in [4.69, 9.17) is 5.73 Å². The minimum absolute atomic E-state index is 0.117. The molecule has 0 amide bonds. The normalized spacial score (nSPS) is 11.5. The van der Waals surface area contributed by atoms with Crippen molar-refractivity contribution in [1.29, 1.82) is 0 Å². The van der Waals surface area contributed by atoms with Crippen LogP contribution in [0.3, 0.4) is 0 Å². The smallest absolute Gasteiger partial charge is 0.225 e. The van der Waals surface area contributed by atoms with Crippen molar-refractivity contribution in [3.63, 3.8) is 0 Å². The molecule has 0 bridgehead atoms. The molecule has 0 aliphatic rings. The van der Waals surface area contributed by atoms with Crippen molar-refractivity contribution in [2.45, 2.75) is 26.3 Å². The lowest BCUT2D eigenvalue weighted by Crippen LogP contribution is -2.48. The Bertz CT molecular complexity index is 309. The predicted octanol–water partition coefficient (Wildman–Crippen LogP) is 0.959. The highest BCUT2D eigenvalue weighted by molar-refractivity contribution is 5.33. The van der Waals surface area contributed by atoms with Gasteiger partial charge in [0.05, 0.1) is 0 Å². The first-order valence-electron chi connectivity index (χ1n) is 4.71. The minimum atomic E-state index is -0.117. The minimum Gasteiger partial charge on any atom is -0.337 e. The molecular weight excluding hydrogens is 176 g/mol. The molecule has 0 aliphatic heterocycles. The van der Waals surface area contributed by atoms with E-state index in [0.717, 1.165) is 11.6 Å². The molecule has 78 valence electrons. The van der Waals surface area contributed by atoms with Crippen LogP contribution in [0.2, 0.25) is 0 Å². The lowest BCUT2D eigenvalue weighted by atomic mass is 10.1. The molecule has 0 fully saturated rings. The van der Waals surface area contributed by atoms with Crippen molar-refractivity contribution in [3.05, 3.63) is 18.0 Å². The highest BCUT2D eigenvalue weighted by Crippen LogP contribution is 2.16. The second-order valence-electron chi connectivity index (χ2n) is 4.07. The average Bonchev–Trinajstić information content (AvgIpc) is 2.16. The number of nitrogens with zero attached hydrogens (tertiary/aromatic N) is 3. The molecule has 0 aliphatic carbocycles. The molecule has 0 spiro atoms. The van der Waals surface area contributed by atoms with E-state index in [1.807, 2.05) is 24.9 Å². The van der Waals surface area contributed by atoms with Gasteiger partial charge >= 0.3 is 0 Å². The van der Waals surface area contributed by atoms with Crippen LogP contribution in [-0.2, 0) is 0 Å². The van der Waals surface area contributed by atoms with Crippen molar-refractivity contribution in [2.75, 3.05) is 18.5 Å². The number of rotatable bonds is 3. The Kier molecular flexibility index (Phi) is 3.06. The van der Waals surface area contributed by atoms with Crippen molar-refractivity contribution < 1.29 is 0 Å². The maximum Gasteiger partial charge on any atom is 0.225 e. The van der Waals surface area contributed by atoms with E-state index in [0.29, 0.717) is 6.54 Å². The zero-order valence-electron chi connectivity index (χ0n) is 9.28. The number of hydrogen-bond acceptors (Lipinski definition) is 4. The summed E-state index contributed by atoms with van der Waals surface area (Å²) in [6.07, 6.45) is 1.76. The molecule has 0 atom stereocenters. The van der Waals surface area contributed by atoms with Gasteiger partial charge in [0.25, 0.3) is 0 Å². The molecule has 2 N–H and O–H groups in total. The molecule has 1 aromatic rings. The van der Waals surface area contributed by atoms with Crippen LogP contribution in [0.5, 0.6) is 0 Å². The fourth-order valence-corrected chi connectivity index (χ4v) is 1.00. The van der Waals surface area contributed by atoms with Gasteiger partial charge in [0, 0.05) is 31.0 Å². The molecule has 4 heteroatoms. The number of aryl methyl sites for hydroxylation is 1. The molecule has 1 rings (SSSR count). The first kappa shape index (κ1) is 10.9.